The summed E-state index contributed by atoms with van der Waals surface area (Å²) in [4.78, 5) is 15.2. The highest BCUT2D eigenvalue weighted by atomic mass is 32.2. The summed E-state index contributed by atoms with van der Waals surface area (Å²) in [7, 11) is -0.126. The van der Waals surface area contributed by atoms with E-state index in [9.17, 15) is 13.2 Å². The number of carbonyl (C=O) groups is 1. The molecular formula is C30H39N3O6S. The number of fused-ring (bicyclic) bond motifs is 1. The summed E-state index contributed by atoms with van der Waals surface area (Å²) in [5, 5.41) is 0.966. The smallest absolute Gasteiger partial charge is 0.240 e. The lowest BCUT2D eigenvalue weighted by molar-refractivity contribution is -0.144. The number of amides is 1. The van der Waals surface area contributed by atoms with E-state index >= 15 is 0 Å². The Kier molecular flexibility index (Phi) is 8.80. The molecule has 1 saturated carbocycles. The van der Waals surface area contributed by atoms with E-state index in [4.69, 9.17) is 14.2 Å². The maximum atomic E-state index is 13.4. The molecular weight excluding hydrogens is 530 g/mol. The zero-order valence-corrected chi connectivity index (χ0v) is 24.3. The first-order valence-corrected chi connectivity index (χ1v) is 15.5. The highest BCUT2D eigenvalue weighted by Gasteiger charge is 2.34. The second kappa shape index (κ2) is 12.3. The van der Waals surface area contributed by atoms with Crippen LogP contribution in [0.4, 0.5) is 0 Å². The number of nitrogens with one attached hydrogen (secondary N) is 1. The molecule has 10 heteroatoms. The van der Waals surface area contributed by atoms with Crippen LogP contribution < -0.4 is 9.46 Å². The molecule has 1 atom stereocenters. The molecule has 3 aromatic rings. The van der Waals surface area contributed by atoms with Crippen LogP contribution in [-0.4, -0.2) is 76.0 Å². The minimum Gasteiger partial charge on any atom is -0.491 e. The van der Waals surface area contributed by atoms with E-state index in [-0.39, 0.29) is 28.8 Å². The van der Waals surface area contributed by atoms with Crippen LogP contribution in [0.15, 0.2) is 53.4 Å². The highest BCUT2D eigenvalue weighted by Crippen LogP contribution is 2.31. The van der Waals surface area contributed by atoms with Gasteiger partial charge >= 0.3 is 0 Å². The first-order valence-electron chi connectivity index (χ1n) is 14.0. The van der Waals surface area contributed by atoms with Crippen molar-refractivity contribution in [3.63, 3.8) is 0 Å². The van der Waals surface area contributed by atoms with Crippen molar-refractivity contribution < 1.29 is 27.4 Å². The molecule has 0 bridgehead atoms. The Bertz CT molecular complexity index is 1430. The van der Waals surface area contributed by atoms with Gasteiger partial charge in [0.25, 0.3) is 0 Å². The molecule has 0 radical (unpaired) electrons. The summed E-state index contributed by atoms with van der Waals surface area (Å²) >= 11 is 0. The van der Waals surface area contributed by atoms with Crippen LogP contribution in [0, 0.1) is 5.92 Å². The standard InChI is InChI=1S/C30H39N3O6S/c1-21-20-38-15-14-33(21)30(34)23-4-9-25(10-5-23)31-40(35,36)27-13-8-24-18-28(32(2)29(24)19-27)22-6-11-26(12-7-22)39-17-16-37-3/h6-8,11-13,18-19,21,23,25,31H,4-5,9-10,14-17,20H2,1-3H3. The van der Waals surface area contributed by atoms with Gasteiger partial charge in [-0.05, 0) is 80.6 Å². The molecule has 1 aliphatic heterocycles. The number of benzene rings is 2. The number of aromatic nitrogens is 1. The number of morpholine rings is 1. The molecule has 40 heavy (non-hydrogen) atoms. The maximum Gasteiger partial charge on any atom is 0.240 e. The van der Waals surface area contributed by atoms with E-state index in [2.05, 4.69) is 10.8 Å². The fourth-order valence-corrected chi connectivity index (χ4v) is 7.08. The Morgan fingerprint density at radius 3 is 2.50 bits per heavy atom. The largest absolute Gasteiger partial charge is 0.491 e. The van der Waals surface area contributed by atoms with Crippen molar-refractivity contribution in [1.29, 1.82) is 0 Å². The number of nitrogens with zero attached hydrogens (tertiary/aromatic N) is 2. The van der Waals surface area contributed by atoms with Crippen molar-refractivity contribution in [3.05, 3.63) is 48.5 Å². The van der Waals surface area contributed by atoms with Crippen molar-refractivity contribution in [2.24, 2.45) is 13.0 Å². The van der Waals surface area contributed by atoms with Crippen LogP contribution in [0.1, 0.15) is 32.6 Å². The second-order valence-electron chi connectivity index (χ2n) is 10.8. The van der Waals surface area contributed by atoms with Gasteiger partial charge in [-0.3, -0.25) is 4.79 Å². The van der Waals surface area contributed by atoms with Crippen molar-refractivity contribution in [1.82, 2.24) is 14.2 Å². The molecule has 1 aromatic heterocycles. The molecule has 2 heterocycles. The predicted molar refractivity (Wildman–Crippen MR) is 154 cm³/mol. The zero-order chi connectivity index (χ0) is 28.3. The summed E-state index contributed by atoms with van der Waals surface area (Å²) in [5.41, 5.74) is 2.84. The van der Waals surface area contributed by atoms with Gasteiger partial charge < -0.3 is 23.7 Å². The second-order valence-corrected chi connectivity index (χ2v) is 12.5. The van der Waals surface area contributed by atoms with E-state index in [1.165, 1.54) is 0 Å². The molecule has 1 unspecified atom stereocenters. The summed E-state index contributed by atoms with van der Waals surface area (Å²) in [5.74, 6) is 0.897. The average Bonchev–Trinajstić information content (AvgIpc) is 3.29. The molecule has 216 valence electrons. The monoisotopic (exact) mass is 569 g/mol. The number of methoxy groups -OCH3 is 1. The molecule has 9 nitrogen and oxygen atoms in total. The fraction of sp³-hybridized carbons (Fsp3) is 0.500. The van der Waals surface area contributed by atoms with Gasteiger partial charge in [0.1, 0.15) is 12.4 Å². The summed E-state index contributed by atoms with van der Waals surface area (Å²) in [6, 6.07) is 15.1. The van der Waals surface area contributed by atoms with Gasteiger partial charge in [-0.15, -0.1) is 0 Å². The Balaban J connectivity index is 1.24. The molecule has 5 rings (SSSR count). The van der Waals surface area contributed by atoms with Crippen LogP contribution in [0.3, 0.4) is 0 Å². The lowest BCUT2D eigenvalue weighted by Crippen LogP contribution is -2.50. The van der Waals surface area contributed by atoms with Crippen LogP contribution in [0.2, 0.25) is 0 Å². The van der Waals surface area contributed by atoms with Crippen molar-refractivity contribution in [2.75, 3.05) is 40.1 Å². The van der Waals surface area contributed by atoms with Crippen molar-refractivity contribution >= 4 is 26.8 Å². The molecule has 2 fully saturated rings. The van der Waals surface area contributed by atoms with Crippen LogP contribution in [-0.2, 0) is 31.3 Å². The quantitative estimate of drug-likeness (QED) is 0.392. The van der Waals surface area contributed by atoms with Gasteiger partial charge in [0.05, 0.1) is 30.8 Å². The number of hydrogen-bond donors (Lipinski definition) is 1. The van der Waals surface area contributed by atoms with Gasteiger partial charge in [0.15, 0.2) is 0 Å². The Morgan fingerprint density at radius 2 is 1.80 bits per heavy atom. The number of ether oxygens (including phenoxy) is 3. The molecule has 2 aromatic carbocycles. The van der Waals surface area contributed by atoms with E-state index < -0.39 is 10.0 Å². The van der Waals surface area contributed by atoms with Gasteiger partial charge in [0.2, 0.25) is 15.9 Å². The average molecular weight is 570 g/mol. The van der Waals surface area contributed by atoms with E-state index in [0.29, 0.717) is 58.7 Å². The van der Waals surface area contributed by atoms with E-state index in [1.54, 1.807) is 19.2 Å². The third kappa shape index (κ3) is 6.20. The summed E-state index contributed by atoms with van der Waals surface area (Å²) < 4.78 is 47.8. The zero-order valence-electron chi connectivity index (χ0n) is 23.5. The minimum absolute atomic E-state index is 0.0505. The third-order valence-corrected chi connectivity index (χ3v) is 9.60. The number of sulfonamides is 1. The maximum absolute atomic E-state index is 13.4. The fourth-order valence-electron chi connectivity index (χ4n) is 5.75. The van der Waals surface area contributed by atoms with Crippen molar-refractivity contribution in [2.45, 2.75) is 49.6 Å². The molecule has 1 aliphatic carbocycles. The van der Waals surface area contributed by atoms with Crippen LogP contribution >= 0.6 is 0 Å². The highest BCUT2D eigenvalue weighted by molar-refractivity contribution is 7.89. The number of rotatable bonds is 9. The number of aryl methyl sites for hydroxylation is 1. The van der Waals surface area contributed by atoms with E-state index in [0.717, 1.165) is 27.9 Å². The Morgan fingerprint density at radius 1 is 1.05 bits per heavy atom. The lowest BCUT2D eigenvalue weighted by Gasteiger charge is -2.37. The summed E-state index contributed by atoms with van der Waals surface area (Å²) in [6.45, 7) is 4.81. The van der Waals surface area contributed by atoms with Gasteiger partial charge in [-0.1, -0.05) is 6.07 Å². The lowest BCUT2D eigenvalue weighted by atomic mass is 9.85. The first-order chi connectivity index (χ1) is 19.3. The van der Waals surface area contributed by atoms with Crippen LogP contribution in [0.5, 0.6) is 5.75 Å². The minimum atomic E-state index is -3.71. The number of hydrogen-bond acceptors (Lipinski definition) is 6. The van der Waals surface area contributed by atoms with Gasteiger partial charge in [0, 0.05) is 49.3 Å². The summed E-state index contributed by atoms with van der Waals surface area (Å²) in [6.07, 6.45) is 2.67. The molecule has 2 aliphatic rings. The number of carbonyl (C=O) groups excluding carboxylic acids is 1. The molecule has 1 amide bonds. The Hall–Kier alpha value is -2.92. The molecule has 1 saturated heterocycles. The van der Waals surface area contributed by atoms with Crippen LogP contribution in [0.25, 0.3) is 22.2 Å². The normalized spacial score (nSPS) is 22.0. The van der Waals surface area contributed by atoms with Gasteiger partial charge in [-0.2, -0.15) is 0 Å². The van der Waals surface area contributed by atoms with Gasteiger partial charge in [-0.25, -0.2) is 13.1 Å². The SMILES string of the molecule is COCCOc1ccc(-c2cc3ccc(S(=O)(=O)NC4CCC(C(=O)N5CCOCC5C)CC4)cc3n2C)cc1. The van der Waals surface area contributed by atoms with Crippen molar-refractivity contribution in [3.8, 4) is 17.0 Å². The molecule has 0 spiro atoms. The molecule has 1 N–H and O–H groups in total. The first kappa shape index (κ1) is 28.6. The van der Waals surface area contributed by atoms with E-state index in [1.807, 2.05) is 53.8 Å². The third-order valence-electron chi connectivity index (χ3n) is 8.08. The Labute approximate surface area is 236 Å². The topological polar surface area (TPSA) is 99.1 Å². The predicted octanol–water partition coefficient (Wildman–Crippen LogP) is 3.95.